The van der Waals surface area contributed by atoms with E-state index < -0.39 is 0 Å². The number of nitrogens with zero attached hydrogens (tertiary/aromatic N) is 2. The lowest BCUT2D eigenvalue weighted by molar-refractivity contribution is -0.129. The molecule has 0 spiro atoms. The van der Waals surface area contributed by atoms with Crippen LogP contribution in [-0.4, -0.2) is 43.5 Å². The van der Waals surface area contributed by atoms with Crippen molar-refractivity contribution in [2.45, 2.75) is 40.0 Å². The number of anilines is 1. The minimum Gasteiger partial charge on any atom is -0.492 e. The molecule has 5 nitrogen and oxygen atoms in total. The van der Waals surface area contributed by atoms with E-state index in [1.807, 2.05) is 38.2 Å². The molecule has 0 unspecified atom stereocenters. The van der Waals surface area contributed by atoms with Crippen LogP contribution in [0.15, 0.2) is 24.3 Å². The van der Waals surface area contributed by atoms with E-state index >= 15 is 0 Å². The first kappa shape index (κ1) is 19.0. The fourth-order valence-electron chi connectivity index (χ4n) is 2.32. The number of hydrogen-bond acceptors (Lipinski definition) is 3. The second-order valence-corrected chi connectivity index (χ2v) is 5.49. The van der Waals surface area contributed by atoms with Crippen LogP contribution in [0.4, 0.5) is 5.69 Å². The van der Waals surface area contributed by atoms with Crippen LogP contribution in [0.2, 0.25) is 0 Å². The predicted octanol–water partition coefficient (Wildman–Crippen LogP) is 3.09. The number of rotatable bonds is 9. The van der Waals surface area contributed by atoms with E-state index in [-0.39, 0.29) is 11.8 Å². The molecule has 0 aliphatic rings. The van der Waals surface area contributed by atoms with Crippen LogP contribution in [0.5, 0.6) is 5.75 Å². The molecule has 0 radical (unpaired) electrons. The van der Waals surface area contributed by atoms with E-state index in [1.165, 1.54) is 6.92 Å². The van der Waals surface area contributed by atoms with Crippen molar-refractivity contribution >= 4 is 17.5 Å². The third-order valence-corrected chi connectivity index (χ3v) is 3.66. The number of para-hydroxylation sites is 2. The molecule has 1 aromatic rings. The second-order valence-electron chi connectivity index (χ2n) is 5.49. The number of carbonyl (C=O) groups is 2. The first-order valence-electron chi connectivity index (χ1n) is 8.25. The fraction of sp³-hybridized carbons (Fsp3) is 0.556. The van der Waals surface area contributed by atoms with E-state index in [0.717, 1.165) is 19.4 Å². The smallest absolute Gasteiger partial charge is 0.224 e. The van der Waals surface area contributed by atoms with Crippen LogP contribution in [0.3, 0.4) is 0 Å². The third kappa shape index (κ3) is 5.93. The van der Waals surface area contributed by atoms with Crippen molar-refractivity contribution in [3.8, 4) is 5.75 Å². The summed E-state index contributed by atoms with van der Waals surface area (Å²) >= 11 is 0. The van der Waals surface area contributed by atoms with Gasteiger partial charge in [0.25, 0.3) is 0 Å². The number of ether oxygens (including phenoxy) is 1. The average molecular weight is 320 g/mol. The van der Waals surface area contributed by atoms with E-state index in [1.54, 1.807) is 9.80 Å². The van der Waals surface area contributed by atoms with Gasteiger partial charge in [0.05, 0.1) is 12.3 Å². The van der Waals surface area contributed by atoms with Crippen molar-refractivity contribution in [3.05, 3.63) is 24.3 Å². The normalized spacial score (nSPS) is 10.3. The molecule has 128 valence electrons. The van der Waals surface area contributed by atoms with Gasteiger partial charge in [-0.3, -0.25) is 9.59 Å². The molecule has 0 aliphatic carbocycles. The molecule has 0 heterocycles. The molecule has 0 N–H and O–H groups in total. The van der Waals surface area contributed by atoms with E-state index in [2.05, 4.69) is 6.92 Å². The Morgan fingerprint density at radius 2 is 1.83 bits per heavy atom. The van der Waals surface area contributed by atoms with Crippen LogP contribution < -0.4 is 9.64 Å². The number of unbranched alkanes of at least 4 members (excludes halogenated alkanes) is 1. The van der Waals surface area contributed by atoms with Crippen LogP contribution in [0.1, 0.15) is 40.0 Å². The zero-order valence-corrected chi connectivity index (χ0v) is 14.7. The van der Waals surface area contributed by atoms with Gasteiger partial charge in [-0.1, -0.05) is 25.5 Å². The molecular weight excluding hydrogens is 292 g/mol. The summed E-state index contributed by atoms with van der Waals surface area (Å²) in [4.78, 5) is 27.5. The molecule has 0 bridgehead atoms. The standard InChI is InChI=1S/C18H28N2O3/c1-5-7-13-19(4)18(22)12-14-20(15(3)21)16-10-8-9-11-17(16)23-6-2/h8-11H,5-7,12-14H2,1-4H3. The highest BCUT2D eigenvalue weighted by Crippen LogP contribution is 2.28. The van der Waals surface area contributed by atoms with Gasteiger partial charge in [-0.25, -0.2) is 0 Å². The Hall–Kier alpha value is -2.04. The van der Waals surface area contributed by atoms with E-state index in [4.69, 9.17) is 4.74 Å². The monoisotopic (exact) mass is 320 g/mol. The molecule has 0 fully saturated rings. The van der Waals surface area contributed by atoms with Gasteiger partial charge in [0, 0.05) is 33.5 Å². The molecule has 1 aromatic carbocycles. The summed E-state index contributed by atoms with van der Waals surface area (Å²) in [6.07, 6.45) is 2.35. The Balaban J connectivity index is 2.77. The summed E-state index contributed by atoms with van der Waals surface area (Å²) in [5.74, 6) is 0.622. The molecule has 1 rings (SSSR count). The van der Waals surface area contributed by atoms with Crippen LogP contribution in [0.25, 0.3) is 0 Å². The highest BCUT2D eigenvalue weighted by Gasteiger charge is 2.18. The molecule has 0 aromatic heterocycles. The van der Waals surface area contributed by atoms with Gasteiger partial charge in [0.15, 0.2) is 0 Å². The maximum absolute atomic E-state index is 12.2. The predicted molar refractivity (Wildman–Crippen MR) is 92.8 cm³/mol. The Morgan fingerprint density at radius 1 is 1.13 bits per heavy atom. The first-order chi connectivity index (χ1) is 11.0. The summed E-state index contributed by atoms with van der Waals surface area (Å²) in [7, 11) is 1.81. The summed E-state index contributed by atoms with van der Waals surface area (Å²) in [5.41, 5.74) is 0.714. The minimum atomic E-state index is -0.0961. The first-order valence-corrected chi connectivity index (χ1v) is 8.25. The minimum absolute atomic E-state index is 0.0543. The van der Waals surface area contributed by atoms with Gasteiger partial charge in [-0.2, -0.15) is 0 Å². The molecule has 0 saturated carbocycles. The third-order valence-electron chi connectivity index (χ3n) is 3.66. The number of amides is 2. The van der Waals surface area contributed by atoms with Crippen molar-refractivity contribution < 1.29 is 14.3 Å². The van der Waals surface area contributed by atoms with Gasteiger partial charge in [0.1, 0.15) is 5.75 Å². The molecule has 0 aliphatic heterocycles. The molecular formula is C18H28N2O3. The van der Waals surface area contributed by atoms with Crippen molar-refractivity contribution in [1.29, 1.82) is 0 Å². The summed E-state index contributed by atoms with van der Waals surface area (Å²) in [6.45, 7) is 7.15. The van der Waals surface area contributed by atoms with Crippen LogP contribution in [-0.2, 0) is 9.59 Å². The lowest BCUT2D eigenvalue weighted by Crippen LogP contribution is -2.35. The fourth-order valence-corrected chi connectivity index (χ4v) is 2.32. The lowest BCUT2D eigenvalue weighted by Gasteiger charge is -2.25. The molecule has 5 heteroatoms. The topological polar surface area (TPSA) is 49.9 Å². The molecule has 23 heavy (non-hydrogen) atoms. The highest BCUT2D eigenvalue weighted by molar-refractivity contribution is 5.93. The maximum atomic E-state index is 12.2. The molecule has 2 amide bonds. The summed E-state index contributed by atoms with van der Waals surface area (Å²) in [5, 5.41) is 0. The summed E-state index contributed by atoms with van der Waals surface area (Å²) < 4.78 is 5.59. The zero-order chi connectivity index (χ0) is 17.2. The average Bonchev–Trinajstić information content (AvgIpc) is 2.54. The van der Waals surface area contributed by atoms with Gasteiger partial charge in [-0.05, 0) is 25.5 Å². The van der Waals surface area contributed by atoms with Crippen molar-refractivity contribution in [2.75, 3.05) is 31.6 Å². The Morgan fingerprint density at radius 3 is 2.43 bits per heavy atom. The van der Waals surface area contributed by atoms with Crippen LogP contribution in [0, 0.1) is 0 Å². The van der Waals surface area contributed by atoms with Gasteiger partial charge in [0.2, 0.25) is 11.8 Å². The van der Waals surface area contributed by atoms with Crippen LogP contribution >= 0.6 is 0 Å². The maximum Gasteiger partial charge on any atom is 0.224 e. The molecule has 0 atom stereocenters. The lowest BCUT2D eigenvalue weighted by atomic mass is 10.2. The quantitative estimate of drug-likeness (QED) is 0.702. The van der Waals surface area contributed by atoms with Crippen molar-refractivity contribution in [3.63, 3.8) is 0 Å². The van der Waals surface area contributed by atoms with Gasteiger partial charge >= 0.3 is 0 Å². The van der Waals surface area contributed by atoms with E-state index in [0.29, 0.717) is 31.0 Å². The Labute approximate surface area is 139 Å². The van der Waals surface area contributed by atoms with Gasteiger partial charge in [-0.15, -0.1) is 0 Å². The Bertz CT molecular complexity index is 517. The zero-order valence-electron chi connectivity index (χ0n) is 14.7. The van der Waals surface area contributed by atoms with E-state index in [9.17, 15) is 9.59 Å². The number of carbonyl (C=O) groups excluding carboxylic acids is 2. The second kappa shape index (κ2) is 9.87. The molecule has 0 saturated heterocycles. The van der Waals surface area contributed by atoms with Crippen molar-refractivity contribution in [1.82, 2.24) is 4.90 Å². The highest BCUT2D eigenvalue weighted by atomic mass is 16.5. The Kier molecular flexibility index (Phi) is 8.16. The number of hydrogen-bond donors (Lipinski definition) is 0. The van der Waals surface area contributed by atoms with Crippen molar-refractivity contribution in [2.24, 2.45) is 0 Å². The largest absolute Gasteiger partial charge is 0.492 e. The number of benzene rings is 1. The SMILES string of the molecule is CCCCN(C)C(=O)CCN(C(C)=O)c1ccccc1OCC. The van der Waals surface area contributed by atoms with Gasteiger partial charge < -0.3 is 14.5 Å². The summed E-state index contributed by atoms with van der Waals surface area (Å²) in [6, 6.07) is 7.42.